The fourth-order valence-electron chi connectivity index (χ4n) is 5.47. The molecule has 0 fully saturated rings. The summed E-state index contributed by atoms with van der Waals surface area (Å²) in [5, 5.41) is 2.92. The summed E-state index contributed by atoms with van der Waals surface area (Å²) in [7, 11) is 0. The number of ether oxygens (including phenoxy) is 2. The molecule has 18 heteroatoms. The van der Waals surface area contributed by atoms with Crippen LogP contribution in [0.2, 0.25) is 0 Å². The fourth-order valence-corrected chi connectivity index (χ4v) is 6.34. The highest BCUT2D eigenvalue weighted by molar-refractivity contribution is 14.1. The number of anilines is 2. The van der Waals surface area contributed by atoms with Gasteiger partial charge in [-0.05, 0) is 106 Å². The van der Waals surface area contributed by atoms with Crippen LogP contribution in [0.4, 0.5) is 11.4 Å². The third-order valence-corrected chi connectivity index (χ3v) is 8.84. The molecule has 0 radical (unpaired) electrons. The molecule has 2 aromatic heterocycles. The Kier molecular flexibility index (Phi) is 15.7. The molecule has 1 unspecified atom stereocenters. The van der Waals surface area contributed by atoms with Crippen molar-refractivity contribution in [2.24, 2.45) is 0 Å². The standard InChI is InChI=1S/C38H49IN8O8S/c1-37(2,3)54-35(50)25-47(26-36(51)55-38(4,5)6)34(49)24-46-19-16-41-32(46)22-44(17-14-27-10-12-29(13-11-27)43-56(52)53)21-31-40-15-18-45(31)23-33(48)42-30-9-7-8-28(39)20-30/h7-13,15-16,18-20,43H,14,17,21-26H2,1-6H3,(H,42,48)(H,52,53)/p-1. The largest absolute Gasteiger partial charge is 0.755 e. The summed E-state index contributed by atoms with van der Waals surface area (Å²) in [6.07, 6.45) is 7.13. The predicted molar refractivity (Wildman–Crippen MR) is 217 cm³/mol. The summed E-state index contributed by atoms with van der Waals surface area (Å²) in [5.74, 6) is -0.926. The summed E-state index contributed by atoms with van der Waals surface area (Å²) in [4.78, 5) is 64.7. The van der Waals surface area contributed by atoms with E-state index in [-0.39, 0.29) is 25.5 Å². The maximum atomic E-state index is 13.8. The molecule has 2 amide bonds. The van der Waals surface area contributed by atoms with Crippen LogP contribution in [-0.2, 0) is 72.5 Å². The number of carbonyl (C=O) groups is 4. The first-order valence-electron chi connectivity index (χ1n) is 17.8. The van der Waals surface area contributed by atoms with Gasteiger partial charge in [0.2, 0.25) is 11.8 Å². The quantitative estimate of drug-likeness (QED) is 0.0823. The Morgan fingerprint density at radius 2 is 1.38 bits per heavy atom. The lowest BCUT2D eigenvalue weighted by Gasteiger charge is -2.27. The number of aromatic nitrogens is 4. The molecule has 0 spiro atoms. The molecule has 4 rings (SSSR count). The Morgan fingerprint density at radius 1 is 0.821 bits per heavy atom. The van der Waals surface area contributed by atoms with Crippen molar-refractivity contribution >= 4 is 69.0 Å². The van der Waals surface area contributed by atoms with Crippen LogP contribution in [0.25, 0.3) is 0 Å². The normalized spacial score (nSPS) is 12.2. The molecule has 0 aliphatic heterocycles. The van der Waals surface area contributed by atoms with Gasteiger partial charge in [0.15, 0.2) is 0 Å². The molecule has 2 aromatic carbocycles. The van der Waals surface area contributed by atoms with Crippen LogP contribution in [0.3, 0.4) is 0 Å². The Morgan fingerprint density at radius 3 is 1.89 bits per heavy atom. The molecule has 2 heterocycles. The Bertz CT molecular complexity index is 1960. The van der Waals surface area contributed by atoms with Gasteiger partial charge in [0.25, 0.3) is 0 Å². The monoisotopic (exact) mass is 903 g/mol. The maximum Gasteiger partial charge on any atom is 0.326 e. The molecule has 56 heavy (non-hydrogen) atoms. The minimum atomic E-state index is -2.44. The highest BCUT2D eigenvalue weighted by atomic mass is 127. The van der Waals surface area contributed by atoms with E-state index in [1.54, 1.807) is 87.6 Å². The Balaban J connectivity index is 1.53. The molecule has 0 bridgehead atoms. The van der Waals surface area contributed by atoms with Crippen molar-refractivity contribution in [1.82, 2.24) is 28.9 Å². The molecular formula is C38H48IN8O8S-. The average Bonchev–Trinajstić information content (AvgIpc) is 3.70. The SMILES string of the molecule is CC(C)(C)OC(=O)CN(CC(=O)OC(C)(C)C)C(=O)Cn1ccnc1CN(CCc1ccc(NS(=O)[O-])cc1)Cc1nccn1CC(=O)Nc1cccc(I)c1. The van der Waals surface area contributed by atoms with Crippen molar-refractivity contribution in [3.63, 3.8) is 0 Å². The lowest BCUT2D eigenvalue weighted by atomic mass is 10.1. The smallest absolute Gasteiger partial charge is 0.326 e. The van der Waals surface area contributed by atoms with Gasteiger partial charge in [-0.25, -0.2) is 9.97 Å². The van der Waals surface area contributed by atoms with Crippen LogP contribution in [0.1, 0.15) is 58.8 Å². The number of imidazole rings is 2. The lowest BCUT2D eigenvalue weighted by Crippen LogP contribution is -2.44. The number of rotatable bonds is 18. The predicted octanol–water partition coefficient (Wildman–Crippen LogP) is 4.29. The van der Waals surface area contributed by atoms with E-state index in [4.69, 9.17) is 9.47 Å². The van der Waals surface area contributed by atoms with Crippen LogP contribution >= 0.6 is 22.6 Å². The van der Waals surface area contributed by atoms with Crippen LogP contribution < -0.4 is 10.0 Å². The molecule has 302 valence electrons. The van der Waals surface area contributed by atoms with Gasteiger partial charge in [-0.3, -0.25) is 28.3 Å². The minimum Gasteiger partial charge on any atom is -0.755 e. The molecule has 0 aliphatic carbocycles. The third kappa shape index (κ3) is 15.5. The number of hydrogen-bond acceptors (Lipinski definition) is 11. The molecular weight excluding hydrogens is 855 g/mol. The van der Waals surface area contributed by atoms with E-state index in [0.29, 0.717) is 42.5 Å². The molecule has 4 aromatic rings. The van der Waals surface area contributed by atoms with Gasteiger partial charge in [0.1, 0.15) is 49.0 Å². The molecule has 0 saturated carbocycles. The van der Waals surface area contributed by atoms with Crippen molar-refractivity contribution in [3.8, 4) is 0 Å². The molecule has 2 N–H and O–H groups in total. The van der Waals surface area contributed by atoms with Crippen molar-refractivity contribution < 1.29 is 37.4 Å². The zero-order chi connectivity index (χ0) is 41.0. The van der Waals surface area contributed by atoms with E-state index in [1.807, 2.05) is 36.4 Å². The zero-order valence-corrected chi connectivity index (χ0v) is 35.3. The van der Waals surface area contributed by atoms with Crippen LogP contribution in [0.5, 0.6) is 0 Å². The summed E-state index contributed by atoms with van der Waals surface area (Å²) in [6, 6.07) is 14.5. The fraction of sp³-hybridized carbons (Fsp3) is 0.421. The van der Waals surface area contributed by atoms with Gasteiger partial charge < -0.3 is 38.1 Å². The van der Waals surface area contributed by atoms with E-state index >= 15 is 0 Å². The van der Waals surface area contributed by atoms with Crippen LogP contribution in [-0.4, -0.2) is 92.3 Å². The Labute approximate surface area is 342 Å². The van der Waals surface area contributed by atoms with Crippen molar-refractivity contribution in [2.75, 3.05) is 29.7 Å². The molecule has 0 saturated heterocycles. The third-order valence-electron chi connectivity index (χ3n) is 7.77. The topological polar surface area (TPSA) is 193 Å². The van der Waals surface area contributed by atoms with E-state index in [9.17, 15) is 27.9 Å². The van der Waals surface area contributed by atoms with Gasteiger partial charge in [0, 0.05) is 57.5 Å². The zero-order valence-electron chi connectivity index (χ0n) is 32.3. The highest BCUT2D eigenvalue weighted by Crippen LogP contribution is 2.16. The number of nitrogens with zero attached hydrogens (tertiary/aromatic N) is 6. The summed E-state index contributed by atoms with van der Waals surface area (Å²) in [5.41, 5.74) is 0.465. The van der Waals surface area contributed by atoms with E-state index in [0.717, 1.165) is 14.0 Å². The van der Waals surface area contributed by atoms with E-state index in [2.05, 4.69) is 47.5 Å². The number of halogens is 1. The average molecular weight is 904 g/mol. The number of carbonyl (C=O) groups excluding carboxylic acids is 4. The number of nitrogens with one attached hydrogen (secondary N) is 2. The van der Waals surface area contributed by atoms with E-state index < -0.39 is 53.4 Å². The second-order valence-corrected chi connectivity index (χ2v) is 16.8. The summed E-state index contributed by atoms with van der Waals surface area (Å²) < 4.78 is 39.8. The van der Waals surface area contributed by atoms with E-state index in [1.165, 1.54) is 0 Å². The highest BCUT2D eigenvalue weighted by Gasteiger charge is 2.27. The molecule has 16 nitrogen and oxygen atoms in total. The van der Waals surface area contributed by atoms with Crippen molar-refractivity contribution in [2.45, 2.75) is 85.3 Å². The molecule has 0 aliphatic rings. The first kappa shape index (κ1) is 44.1. The van der Waals surface area contributed by atoms with Gasteiger partial charge >= 0.3 is 11.9 Å². The lowest BCUT2D eigenvalue weighted by molar-refractivity contribution is -0.164. The van der Waals surface area contributed by atoms with Crippen molar-refractivity contribution in [1.29, 1.82) is 0 Å². The van der Waals surface area contributed by atoms with Crippen molar-refractivity contribution in [3.05, 3.63) is 94.1 Å². The number of esters is 2. The number of amides is 2. The Hall–Kier alpha value is -4.66. The van der Waals surface area contributed by atoms with Gasteiger partial charge in [0.05, 0.1) is 13.1 Å². The maximum absolute atomic E-state index is 13.8. The summed E-state index contributed by atoms with van der Waals surface area (Å²) >= 11 is -0.261. The first-order valence-corrected chi connectivity index (χ1v) is 19.9. The second-order valence-electron chi connectivity index (χ2n) is 14.9. The summed E-state index contributed by atoms with van der Waals surface area (Å²) in [6.45, 7) is 10.2. The number of benzene rings is 2. The molecule has 1 atom stereocenters. The van der Waals surface area contributed by atoms with Gasteiger partial charge in [-0.2, -0.15) is 0 Å². The second kappa shape index (κ2) is 20.0. The minimum absolute atomic E-state index is 0.0262. The first-order chi connectivity index (χ1) is 26.3. The van der Waals surface area contributed by atoms with Gasteiger partial charge in [-0.1, -0.05) is 18.2 Å². The van der Waals surface area contributed by atoms with Crippen LogP contribution in [0.15, 0.2) is 73.3 Å². The van der Waals surface area contributed by atoms with Crippen LogP contribution in [0, 0.1) is 3.57 Å². The van der Waals surface area contributed by atoms with Gasteiger partial charge in [-0.15, -0.1) is 0 Å². The number of hydrogen-bond donors (Lipinski definition) is 2.